The summed E-state index contributed by atoms with van der Waals surface area (Å²) in [4.78, 5) is 1.95. The molecule has 0 atom stereocenters. The molecule has 0 N–H and O–H groups in total. The molecule has 0 bridgehead atoms. The highest BCUT2D eigenvalue weighted by Crippen LogP contribution is 2.45. The topological polar surface area (TPSA) is 43.9 Å². The fourth-order valence-electron chi connectivity index (χ4n) is 2.74. The molecule has 0 fully saturated rings. The smallest absolute Gasteiger partial charge is 0.306 e. The van der Waals surface area contributed by atoms with Gasteiger partial charge in [-0.25, -0.2) is 17.4 Å². The summed E-state index contributed by atoms with van der Waals surface area (Å²) in [5.74, 6) is -1.70. The van der Waals surface area contributed by atoms with Crippen molar-refractivity contribution in [2.75, 3.05) is 35.8 Å². The lowest BCUT2D eigenvalue weighted by atomic mass is 10.2. The predicted octanol–water partition coefficient (Wildman–Crippen LogP) is 3.29. The number of anilines is 3. The van der Waals surface area contributed by atoms with Crippen LogP contribution in [-0.2, 0) is 10.2 Å². The maximum absolute atomic E-state index is 14.3. The Hall–Kier alpha value is -2.45. The van der Waals surface area contributed by atoms with E-state index in [-0.39, 0.29) is 12.2 Å². The number of likely N-dealkylation sites (N-methyl/N-ethyl adjacent to an activating group) is 1. The molecule has 3 rings (SSSR count). The van der Waals surface area contributed by atoms with Crippen LogP contribution in [0.3, 0.4) is 0 Å². The summed E-state index contributed by atoms with van der Waals surface area (Å²) in [6.07, 6.45) is 3.61. The molecule has 1 aliphatic heterocycles. The third-order valence-electron chi connectivity index (χ3n) is 3.92. The molecule has 5 nitrogen and oxygen atoms in total. The van der Waals surface area contributed by atoms with Crippen LogP contribution in [0.5, 0.6) is 0 Å². The zero-order chi connectivity index (χ0) is 18.9. The van der Waals surface area contributed by atoms with Gasteiger partial charge in [-0.3, -0.25) is 0 Å². The molecule has 1 aliphatic rings. The number of rotatable bonds is 5. The standard InChI is InChI=1S/C18H19F2N3O2S/c1-21(2)11-5-6-12-22-17-7-3-4-8-18(17)23(26(22,24)25)16-10-9-14(19)13-15(16)20/h3-10,13H,11-12H2,1-2H3/b6-5+. The van der Waals surface area contributed by atoms with Crippen LogP contribution in [0.4, 0.5) is 25.8 Å². The number of benzene rings is 2. The number of halogens is 2. The third-order valence-corrected chi connectivity index (χ3v) is 5.67. The van der Waals surface area contributed by atoms with E-state index in [1.807, 2.05) is 25.1 Å². The van der Waals surface area contributed by atoms with Crippen LogP contribution < -0.4 is 8.61 Å². The third kappa shape index (κ3) is 3.30. The zero-order valence-corrected chi connectivity index (χ0v) is 15.2. The molecule has 138 valence electrons. The second-order valence-electron chi connectivity index (χ2n) is 6.12. The van der Waals surface area contributed by atoms with E-state index >= 15 is 0 Å². The van der Waals surface area contributed by atoms with E-state index in [2.05, 4.69) is 0 Å². The number of nitrogens with zero attached hydrogens (tertiary/aromatic N) is 3. The number of para-hydroxylation sites is 2. The lowest BCUT2D eigenvalue weighted by Crippen LogP contribution is -2.35. The summed E-state index contributed by atoms with van der Waals surface area (Å²) >= 11 is 0. The van der Waals surface area contributed by atoms with Gasteiger partial charge in [-0.1, -0.05) is 24.3 Å². The Kier molecular flexibility index (Phi) is 4.97. The van der Waals surface area contributed by atoms with E-state index in [1.165, 1.54) is 4.31 Å². The Morgan fingerprint density at radius 3 is 2.35 bits per heavy atom. The van der Waals surface area contributed by atoms with Crippen molar-refractivity contribution < 1.29 is 17.2 Å². The zero-order valence-electron chi connectivity index (χ0n) is 14.4. The quantitative estimate of drug-likeness (QED) is 0.749. The highest BCUT2D eigenvalue weighted by Gasteiger charge is 2.41. The number of fused-ring (bicyclic) bond motifs is 1. The van der Waals surface area contributed by atoms with Gasteiger partial charge in [0.2, 0.25) is 0 Å². The van der Waals surface area contributed by atoms with E-state index in [0.29, 0.717) is 24.0 Å². The molecule has 0 radical (unpaired) electrons. The van der Waals surface area contributed by atoms with Crippen molar-refractivity contribution in [2.24, 2.45) is 0 Å². The van der Waals surface area contributed by atoms with Crippen LogP contribution >= 0.6 is 0 Å². The first kappa shape index (κ1) is 18.3. The summed E-state index contributed by atoms with van der Waals surface area (Å²) in [5, 5.41) is 0. The van der Waals surface area contributed by atoms with Crippen LogP contribution in [0, 0.1) is 11.6 Å². The highest BCUT2D eigenvalue weighted by molar-refractivity contribution is 7.95. The van der Waals surface area contributed by atoms with Gasteiger partial charge in [-0.2, -0.15) is 8.42 Å². The van der Waals surface area contributed by atoms with Crippen LogP contribution in [0.2, 0.25) is 0 Å². The fourth-order valence-corrected chi connectivity index (χ4v) is 4.42. The second kappa shape index (κ2) is 7.05. The lowest BCUT2D eigenvalue weighted by Gasteiger charge is -2.21. The normalized spacial score (nSPS) is 15.9. The summed E-state index contributed by atoms with van der Waals surface area (Å²) in [6, 6.07) is 9.49. The average Bonchev–Trinajstić information content (AvgIpc) is 2.79. The number of hydrogen-bond acceptors (Lipinski definition) is 3. The lowest BCUT2D eigenvalue weighted by molar-refractivity contribution is 0.456. The molecule has 0 unspecified atom stereocenters. The van der Waals surface area contributed by atoms with Crippen molar-refractivity contribution in [3.8, 4) is 0 Å². The van der Waals surface area contributed by atoms with Crippen molar-refractivity contribution in [3.05, 3.63) is 66.3 Å². The van der Waals surface area contributed by atoms with Crippen molar-refractivity contribution in [1.82, 2.24) is 4.90 Å². The van der Waals surface area contributed by atoms with Crippen LogP contribution in [0.1, 0.15) is 0 Å². The van der Waals surface area contributed by atoms with Gasteiger partial charge in [0.05, 0.1) is 23.6 Å². The van der Waals surface area contributed by atoms with Crippen LogP contribution in [-0.4, -0.2) is 40.5 Å². The molecule has 0 amide bonds. The molecule has 1 heterocycles. The van der Waals surface area contributed by atoms with Gasteiger partial charge in [-0.05, 0) is 38.4 Å². The van der Waals surface area contributed by atoms with Crippen LogP contribution in [0.25, 0.3) is 0 Å². The van der Waals surface area contributed by atoms with E-state index < -0.39 is 21.8 Å². The van der Waals surface area contributed by atoms with Gasteiger partial charge in [0.25, 0.3) is 0 Å². The van der Waals surface area contributed by atoms with Crippen molar-refractivity contribution in [1.29, 1.82) is 0 Å². The average molecular weight is 379 g/mol. The summed E-state index contributed by atoms with van der Waals surface area (Å²) in [6.45, 7) is 0.790. The molecule has 0 aromatic heterocycles. The SMILES string of the molecule is CN(C)C/C=C/CN1c2ccccc2N(c2ccc(F)cc2F)S1(=O)=O. The molecule has 8 heteroatoms. The fraction of sp³-hybridized carbons (Fsp3) is 0.222. The maximum Gasteiger partial charge on any atom is 0.331 e. The van der Waals surface area contributed by atoms with E-state index in [1.54, 1.807) is 30.3 Å². The Bertz CT molecular complexity index is 945. The van der Waals surface area contributed by atoms with E-state index in [4.69, 9.17) is 0 Å². The molecular weight excluding hydrogens is 360 g/mol. The first-order valence-electron chi connectivity index (χ1n) is 7.99. The minimum Gasteiger partial charge on any atom is -0.306 e. The van der Waals surface area contributed by atoms with Crippen molar-refractivity contribution in [2.45, 2.75) is 0 Å². The number of hydrogen-bond donors (Lipinski definition) is 0. The maximum atomic E-state index is 14.3. The molecule has 0 aliphatic carbocycles. The minimum absolute atomic E-state index is 0.118. The monoisotopic (exact) mass is 379 g/mol. The summed E-state index contributed by atoms with van der Waals surface area (Å²) in [5.41, 5.74) is 0.573. The molecule has 2 aromatic carbocycles. The van der Waals surface area contributed by atoms with Crippen LogP contribution in [0.15, 0.2) is 54.6 Å². The second-order valence-corrected chi connectivity index (χ2v) is 7.82. The molecule has 0 saturated carbocycles. The first-order chi connectivity index (χ1) is 12.3. The Balaban J connectivity index is 2.03. The van der Waals surface area contributed by atoms with Gasteiger partial charge >= 0.3 is 10.2 Å². The minimum atomic E-state index is -4.04. The van der Waals surface area contributed by atoms with Gasteiger partial charge < -0.3 is 4.90 Å². The summed E-state index contributed by atoms with van der Waals surface area (Å²) < 4.78 is 55.8. The Labute approximate surface area is 151 Å². The van der Waals surface area contributed by atoms with Crippen molar-refractivity contribution in [3.63, 3.8) is 0 Å². The predicted molar refractivity (Wildman–Crippen MR) is 98.9 cm³/mol. The Morgan fingerprint density at radius 1 is 1.00 bits per heavy atom. The van der Waals surface area contributed by atoms with Gasteiger partial charge in [0.1, 0.15) is 5.82 Å². The van der Waals surface area contributed by atoms with E-state index in [0.717, 1.165) is 16.4 Å². The molecule has 0 spiro atoms. The molecule has 26 heavy (non-hydrogen) atoms. The largest absolute Gasteiger partial charge is 0.331 e. The van der Waals surface area contributed by atoms with E-state index in [9.17, 15) is 17.2 Å². The van der Waals surface area contributed by atoms with Crippen molar-refractivity contribution >= 4 is 27.3 Å². The summed E-state index contributed by atoms with van der Waals surface area (Å²) in [7, 11) is -0.221. The van der Waals surface area contributed by atoms with Gasteiger partial charge in [-0.15, -0.1) is 0 Å². The first-order valence-corrected chi connectivity index (χ1v) is 9.39. The molecular formula is C18H19F2N3O2S. The molecule has 2 aromatic rings. The van der Waals surface area contributed by atoms with Gasteiger partial charge in [0, 0.05) is 12.6 Å². The van der Waals surface area contributed by atoms with Gasteiger partial charge in [0.15, 0.2) is 5.82 Å². The highest BCUT2D eigenvalue weighted by atomic mass is 32.2. The molecule has 0 saturated heterocycles. The Morgan fingerprint density at radius 2 is 1.69 bits per heavy atom.